The molecule has 7 nitrogen and oxygen atoms in total. The molecule has 0 saturated carbocycles. The molecule has 0 aliphatic heterocycles. The van der Waals surface area contributed by atoms with E-state index in [1.165, 1.54) is 41.7 Å². The highest BCUT2D eigenvalue weighted by Gasteiger charge is 2.17. The van der Waals surface area contributed by atoms with Gasteiger partial charge in [0.25, 0.3) is 11.8 Å². The molecule has 0 aliphatic rings. The Morgan fingerprint density at radius 2 is 1.87 bits per heavy atom. The molecule has 0 saturated heterocycles. The molecule has 0 spiro atoms. The maximum absolute atomic E-state index is 12.6. The molecule has 0 radical (unpaired) electrons. The van der Waals surface area contributed by atoms with Gasteiger partial charge in [0, 0.05) is 16.6 Å². The molecule has 0 atom stereocenters. The monoisotopic (exact) mass is 500 g/mol. The number of phenolic OH excluding ortho intramolecular Hbond substituents is 1. The molecular formula is C22H17BrN2O5S. The van der Waals surface area contributed by atoms with Gasteiger partial charge in [-0.25, -0.2) is 4.79 Å². The standard InChI is InChI=1S/C22H17BrN2O5S/c23-18-10-15(20(27)24-11-13-2-1-3-16(26)8-13)4-5-17(18)21(28)25-19(22(29)30)9-14-6-7-31-12-14/h1-10,12,26H,11H2,(H,24,27)(H,25,28)(H,29,30)/b19-9-. The number of amides is 2. The number of rotatable bonds is 7. The van der Waals surface area contributed by atoms with Gasteiger partial charge >= 0.3 is 5.97 Å². The Bertz CT molecular complexity index is 1160. The summed E-state index contributed by atoms with van der Waals surface area (Å²) in [5.41, 5.74) is 1.64. The highest BCUT2D eigenvalue weighted by Crippen LogP contribution is 2.20. The predicted octanol–water partition coefficient (Wildman–Crippen LogP) is 4.00. The second-order valence-electron chi connectivity index (χ2n) is 6.42. The second kappa shape index (κ2) is 10.1. The minimum Gasteiger partial charge on any atom is -0.508 e. The zero-order valence-corrected chi connectivity index (χ0v) is 18.4. The number of aromatic hydroxyl groups is 1. The highest BCUT2D eigenvalue weighted by molar-refractivity contribution is 9.10. The van der Waals surface area contributed by atoms with Crippen molar-refractivity contribution in [1.29, 1.82) is 0 Å². The number of hydrogen-bond donors (Lipinski definition) is 4. The molecular weight excluding hydrogens is 484 g/mol. The van der Waals surface area contributed by atoms with Gasteiger partial charge in [0.1, 0.15) is 11.4 Å². The molecule has 2 aromatic carbocycles. The number of halogens is 1. The number of nitrogens with one attached hydrogen (secondary N) is 2. The van der Waals surface area contributed by atoms with Crippen LogP contribution >= 0.6 is 27.3 Å². The molecule has 158 valence electrons. The maximum atomic E-state index is 12.6. The van der Waals surface area contributed by atoms with Gasteiger partial charge < -0.3 is 20.8 Å². The molecule has 0 aliphatic carbocycles. The number of hydrogen-bond acceptors (Lipinski definition) is 5. The number of thiophene rings is 1. The Labute approximate surface area is 190 Å². The maximum Gasteiger partial charge on any atom is 0.352 e. The van der Waals surface area contributed by atoms with Gasteiger partial charge in [-0.1, -0.05) is 12.1 Å². The van der Waals surface area contributed by atoms with Gasteiger partial charge in [-0.2, -0.15) is 11.3 Å². The Hall–Kier alpha value is -3.43. The summed E-state index contributed by atoms with van der Waals surface area (Å²) in [4.78, 5) is 36.4. The van der Waals surface area contributed by atoms with E-state index in [4.69, 9.17) is 0 Å². The lowest BCUT2D eigenvalue weighted by molar-refractivity contribution is -0.132. The van der Waals surface area contributed by atoms with Crippen LogP contribution in [-0.2, 0) is 11.3 Å². The lowest BCUT2D eigenvalue weighted by atomic mass is 10.1. The van der Waals surface area contributed by atoms with Crippen LogP contribution in [0, 0.1) is 0 Å². The molecule has 3 aromatic rings. The van der Waals surface area contributed by atoms with E-state index in [1.54, 1.807) is 35.0 Å². The summed E-state index contributed by atoms with van der Waals surface area (Å²) in [7, 11) is 0. The van der Waals surface area contributed by atoms with Crippen LogP contribution < -0.4 is 10.6 Å². The Kier molecular flexibility index (Phi) is 7.22. The SMILES string of the molecule is O=C(O)/C(=C/c1ccsc1)NC(=O)c1ccc(C(=O)NCc2cccc(O)c2)cc1Br. The van der Waals surface area contributed by atoms with E-state index in [0.717, 1.165) is 5.56 Å². The van der Waals surface area contributed by atoms with E-state index in [-0.39, 0.29) is 29.5 Å². The van der Waals surface area contributed by atoms with Gasteiger partial charge in [0.15, 0.2) is 0 Å². The zero-order valence-electron chi connectivity index (χ0n) is 16.0. The van der Waals surface area contributed by atoms with Crippen molar-refractivity contribution in [3.8, 4) is 5.75 Å². The minimum atomic E-state index is -1.27. The lowest BCUT2D eigenvalue weighted by Crippen LogP contribution is -2.28. The number of carboxylic acids is 1. The smallest absolute Gasteiger partial charge is 0.352 e. The lowest BCUT2D eigenvalue weighted by Gasteiger charge is -2.10. The summed E-state index contributed by atoms with van der Waals surface area (Å²) in [5, 5.41) is 27.5. The fraction of sp³-hybridized carbons (Fsp3) is 0.0455. The Morgan fingerprint density at radius 3 is 2.52 bits per heavy atom. The summed E-state index contributed by atoms with van der Waals surface area (Å²) in [6, 6.07) is 12.7. The van der Waals surface area contributed by atoms with Crippen molar-refractivity contribution < 1.29 is 24.6 Å². The number of carbonyl (C=O) groups is 3. The van der Waals surface area contributed by atoms with E-state index < -0.39 is 11.9 Å². The van der Waals surface area contributed by atoms with Crippen LogP contribution in [0.25, 0.3) is 6.08 Å². The average molecular weight is 501 g/mol. The van der Waals surface area contributed by atoms with E-state index in [0.29, 0.717) is 15.6 Å². The van der Waals surface area contributed by atoms with Crippen LogP contribution in [0.4, 0.5) is 0 Å². The summed E-state index contributed by atoms with van der Waals surface area (Å²) in [6.45, 7) is 0.225. The predicted molar refractivity (Wildman–Crippen MR) is 121 cm³/mol. The summed E-state index contributed by atoms with van der Waals surface area (Å²) >= 11 is 4.68. The van der Waals surface area contributed by atoms with E-state index in [9.17, 15) is 24.6 Å². The number of benzene rings is 2. The van der Waals surface area contributed by atoms with Crippen LogP contribution in [0.5, 0.6) is 5.75 Å². The number of carboxylic acid groups (broad SMARTS) is 1. The van der Waals surface area contributed by atoms with Crippen LogP contribution in [0.15, 0.2) is 69.5 Å². The summed E-state index contributed by atoms with van der Waals surface area (Å²) in [5.74, 6) is -2.14. The molecule has 2 amide bonds. The average Bonchev–Trinajstić information content (AvgIpc) is 3.24. The minimum absolute atomic E-state index is 0.110. The molecule has 1 heterocycles. The third-order valence-corrected chi connectivity index (χ3v) is 5.53. The van der Waals surface area contributed by atoms with Crippen LogP contribution in [0.1, 0.15) is 31.8 Å². The largest absolute Gasteiger partial charge is 0.508 e. The van der Waals surface area contributed by atoms with Crippen molar-refractivity contribution in [3.63, 3.8) is 0 Å². The Balaban J connectivity index is 1.69. The normalized spacial score (nSPS) is 11.1. The van der Waals surface area contributed by atoms with Crippen molar-refractivity contribution in [2.24, 2.45) is 0 Å². The van der Waals surface area contributed by atoms with Gasteiger partial charge in [0.2, 0.25) is 0 Å². The number of phenols is 1. The quantitative estimate of drug-likeness (QED) is 0.366. The second-order valence-corrected chi connectivity index (χ2v) is 8.06. The number of aliphatic carboxylic acids is 1. The molecule has 0 unspecified atom stereocenters. The van der Waals surface area contributed by atoms with Crippen LogP contribution in [0.3, 0.4) is 0 Å². The first-order valence-electron chi connectivity index (χ1n) is 8.97. The molecule has 4 N–H and O–H groups in total. The van der Waals surface area contributed by atoms with Crippen molar-refractivity contribution in [2.45, 2.75) is 6.54 Å². The molecule has 3 rings (SSSR count). The first-order valence-corrected chi connectivity index (χ1v) is 10.7. The molecule has 0 bridgehead atoms. The van der Waals surface area contributed by atoms with E-state index in [1.807, 2.05) is 0 Å². The summed E-state index contributed by atoms with van der Waals surface area (Å²) < 4.78 is 0.343. The molecule has 9 heteroatoms. The third kappa shape index (κ3) is 6.03. The first-order chi connectivity index (χ1) is 14.8. The fourth-order valence-electron chi connectivity index (χ4n) is 2.66. The third-order valence-electron chi connectivity index (χ3n) is 4.17. The van der Waals surface area contributed by atoms with Gasteiger partial charge in [0.05, 0.1) is 5.56 Å². The highest BCUT2D eigenvalue weighted by atomic mass is 79.9. The molecule has 0 fully saturated rings. The number of carbonyl (C=O) groups excluding carboxylic acids is 2. The van der Waals surface area contributed by atoms with Crippen molar-refractivity contribution in [2.75, 3.05) is 0 Å². The van der Waals surface area contributed by atoms with E-state index in [2.05, 4.69) is 26.6 Å². The zero-order chi connectivity index (χ0) is 22.4. The first kappa shape index (κ1) is 22.3. The van der Waals surface area contributed by atoms with Gasteiger partial charge in [-0.15, -0.1) is 0 Å². The van der Waals surface area contributed by atoms with Gasteiger partial charge in [-0.3, -0.25) is 9.59 Å². The Morgan fingerprint density at radius 1 is 1.06 bits per heavy atom. The fourth-order valence-corrected chi connectivity index (χ4v) is 3.83. The topological polar surface area (TPSA) is 116 Å². The van der Waals surface area contributed by atoms with Gasteiger partial charge in [-0.05, 0) is 80.3 Å². The van der Waals surface area contributed by atoms with Crippen molar-refractivity contribution in [1.82, 2.24) is 10.6 Å². The van der Waals surface area contributed by atoms with Crippen molar-refractivity contribution in [3.05, 3.63) is 91.7 Å². The molecule has 31 heavy (non-hydrogen) atoms. The molecule has 1 aromatic heterocycles. The summed E-state index contributed by atoms with van der Waals surface area (Å²) in [6.07, 6.45) is 1.37. The van der Waals surface area contributed by atoms with E-state index >= 15 is 0 Å². The van der Waals surface area contributed by atoms with Crippen LogP contribution in [0.2, 0.25) is 0 Å². The van der Waals surface area contributed by atoms with Crippen molar-refractivity contribution >= 4 is 51.1 Å². The van der Waals surface area contributed by atoms with Crippen LogP contribution in [-0.4, -0.2) is 28.0 Å².